The number of benzene rings is 1. The van der Waals surface area contributed by atoms with Crippen LogP contribution in [0.5, 0.6) is 11.5 Å². The average molecular weight is 427 g/mol. The lowest BCUT2D eigenvalue weighted by molar-refractivity contribution is 0.102. The number of rotatable bonds is 6. The molecule has 1 amide bonds. The Hall–Kier alpha value is -3.17. The minimum absolute atomic E-state index is 0.282. The van der Waals surface area contributed by atoms with E-state index in [0.29, 0.717) is 28.6 Å². The first kappa shape index (κ1) is 19.2. The molecular weight excluding hydrogens is 408 g/mol. The van der Waals surface area contributed by atoms with Gasteiger partial charge in [-0.3, -0.25) is 9.48 Å². The number of ether oxygens (including phenoxy) is 2. The number of thiazole rings is 1. The molecule has 9 heteroatoms. The Morgan fingerprint density at radius 2 is 1.83 bits per heavy atom. The van der Waals surface area contributed by atoms with Gasteiger partial charge in [0.05, 0.1) is 24.8 Å². The van der Waals surface area contributed by atoms with Crippen LogP contribution in [0.1, 0.15) is 10.4 Å². The Kier molecular flexibility index (Phi) is 5.32. The van der Waals surface area contributed by atoms with E-state index in [1.54, 1.807) is 55.5 Å². The Morgan fingerprint density at radius 3 is 2.48 bits per heavy atom. The van der Waals surface area contributed by atoms with E-state index in [2.05, 4.69) is 15.4 Å². The Bertz CT molecular complexity index is 1130. The Morgan fingerprint density at radius 1 is 1.07 bits per heavy atom. The number of nitrogens with one attached hydrogen (secondary N) is 1. The third kappa shape index (κ3) is 4.01. The molecule has 0 radical (unpaired) electrons. The molecule has 4 aromatic rings. The second kappa shape index (κ2) is 8.06. The van der Waals surface area contributed by atoms with E-state index >= 15 is 0 Å². The van der Waals surface area contributed by atoms with Crippen LogP contribution in [-0.4, -0.2) is 34.9 Å². The lowest BCUT2D eigenvalue weighted by Gasteiger charge is -2.09. The summed E-state index contributed by atoms with van der Waals surface area (Å²) in [5, 5.41) is 12.2. The number of hydrogen-bond donors (Lipinski definition) is 1. The number of aryl methyl sites for hydroxylation is 1. The van der Waals surface area contributed by atoms with Crippen molar-refractivity contribution in [3.05, 3.63) is 52.7 Å². The second-order valence-corrected chi connectivity index (χ2v) is 7.91. The molecule has 0 unspecified atom stereocenters. The molecule has 0 atom stereocenters. The molecule has 1 aromatic carbocycles. The molecule has 4 rings (SSSR count). The van der Waals surface area contributed by atoms with E-state index in [1.807, 2.05) is 29.0 Å². The van der Waals surface area contributed by atoms with Crippen LogP contribution in [0.3, 0.4) is 0 Å². The summed E-state index contributed by atoms with van der Waals surface area (Å²) in [5.41, 5.74) is 2.07. The fourth-order valence-electron chi connectivity index (χ4n) is 2.74. The van der Waals surface area contributed by atoms with Crippen molar-refractivity contribution in [2.75, 3.05) is 19.5 Å². The summed E-state index contributed by atoms with van der Waals surface area (Å²) in [4.78, 5) is 18.5. The number of methoxy groups -OCH3 is 2. The van der Waals surface area contributed by atoms with Crippen molar-refractivity contribution in [2.45, 2.75) is 0 Å². The molecule has 7 nitrogen and oxygen atoms in total. The molecule has 1 N–H and O–H groups in total. The van der Waals surface area contributed by atoms with Crippen molar-refractivity contribution < 1.29 is 14.3 Å². The normalized spacial score (nSPS) is 10.7. The van der Waals surface area contributed by atoms with Gasteiger partial charge in [0.25, 0.3) is 5.91 Å². The second-order valence-electron chi connectivity index (χ2n) is 6.11. The number of carbonyl (C=O) groups excluding carboxylic acids is 1. The highest BCUT2D eigenvalue weighted by atomic mass is 32.1. The molecular formula is C20H18N4O3S2. The zero-order valence-corrected chi connectivity index (χ0v) is 17.6. The van der Waals surface area contributed by atoms with E-state index in [-0.39, 0.29) is 5.91 Å². The van der Waals surface area contributed by atoms with Gasteiger partial charge >= 0.3 is 0 Å². The minimum atomic E-state index is -0.282. The topological polar surface area (TPSA) is 78.3 Å². The van der Waals surface area contributed by atoms with Gasteiger partial charge in [0.1, 0.15) is 28.0 Å². The van der Waals surface area contributed by atoms with Crippen LogP contribution in [0.2, 0.25) is 0 Å². The number of aromatic nitrogens is 3. The third-order valence-electron chi connectivity index (χ3n) is 4.23. The molecule has 148 valence electrons. The largest absolute Gasteiger partial charge is 0.497 e. The predicted octanol–water partition coefficient (Wildman–Crippen LogP) is 4.54. The summed E-state index contributed by atoms with van der Waals surface area (Å²) in [6.07, 6.45) is 0. The zero-order valence-electron chi connectivity index (χ0n) is 16.0. The maximum Gasteiger partial charge on any atom is 0.257 e. The Balaban J connectivity index is 1.57. The van der Waals surface area contributed by atoms with Gasteiger partial charge in [0, 0.05) is 30.1 Å². The van der Waals surface area contributed by atoms with Crippen molar-refractivity contribution >= 4 is 34.4 Å². The van der Waals surface area contributed by atoms with Gasteiger partial charge in [-0.15, -0.1) is 22.7 Å². The van der Waals surface area contributed by atoms with Gasteiger partial charge in [0.2, 0.25) is 0 Å². The third-order valence-corrected chi connectivity index (χ3v) is 5.99. The van der Waals surface area contributed by atoms with Crippen molar-refractivity contribution in [3.63, 3.8) is 0 Å². The van der Waals surface area contributed by atoms with Crippen molar-refractivity contribution in [3.8, 4) is 32.8 Å². The Labute approximate surface area is 175 Å². The van der Waals surface area contributed by atoms with Gasteiger partial charge in [-0.2, -0.15) is 5.10 Å². The molecule has 3 heterocycles. The van der Waals surface area contributed by atoms with Gasteiger partial charge in [-0.1, -0.05) is 6.07 Å². The standard InChI is InChI=1S/C20H18N4O3S2/c1-24-18(22-19(25)12-7-13(26-2)9-14(8-12)27-3)10-15(23-24)20-21-16(11-29-20)17-5-4-6-28-17/h4-11H,1-3H3,(H,22,25). The highest BCUT2D eigenvalue weighted by Crippen LogP contribution is 2.31. The number of anilines is 1. The lowest BCUT2D eigenvalue weighted by atomic mass is 10.2. The van der Waals surface area contributed by atoms with Crippen LogP contribution >= 0.6 is 22.7 Å². The van der Waals surface area contributed by atoms with Crippen molar-refractivity contribution in [2.24, 2.45) is 7.05 Å². The van der Waals surface area contributed by atoms with E-state index < -0.39 is 0 Å². The molecule has 0 spiro atoms. The number of carbonyl (C=O) groups is 1. The molecule has 0 fully saturated rings. The fourth-order valence-corrected chi connectivity index (χ4v) is 4.28. The summed E-state index contributed by atoms with van der Waals surface area (Å²) in [5.74, 6) is 1.38. The van der Waals surface area contributed by atoms with Crippen LogP contribution in [0.25, 0.3) is 21.3 Å². The van der Waals surface area contributed by atoms with E-state index in [4.69, 9.17) is 9.47 Å². The van der Waals surface area contributed by atoms with Gasteiger partial charge in [-0.05, 0) is 23.6 Å². The average Bonchev–Trinajstić information content (AvgIpc) is 3.48. The van der Waals surface area contributed by atoms with E-state index in [9.17, 15) is 4.79 Å². The molecule has 0 aliphatic heterocycles. The number of hydrogen-bond acceptors (Lipinski definition) is 7. The number of thiophene rings is 1. The van der Waals surface area contributed by atoms with Crippen molar-refractivity contribution in [1.29, 1.82) is 0 Å². The quantitative estimate of drug-likeness (QED) is 0.490. The molecule has 0 saturated heterocycles. The zero-order chi connectivity index (χ0) is 20.4. The monoisotopic (exact) mass is 426 g/mol. The van der Waals surface area contributed by atoms with Crippen LogP contribution in [0, 0.1) is 0 Å². The fraction of sp³-hybridized carbons (Fsp3) is 0.150. The SMILES string of the molecule is COc1cc(OC)cc(C(=O)Nc2cc(-c3nc(-c4cccs4)cs3)nn2C)c1. The summed E-state index contributed by atoms with van der Waals surface area (Å²) >= 11 is 3.17. The maximum atomic E-state index is 12.7. The summed E-state index contributed by atoms with van der Waals surface area (Å²) in [6.45, 7) is 0. The first-order valence-corrected chi connectivity index (χ1v) is 10.4. The van der Waals surface area contributed by atoms with Crippen LogP contribution in [0.15, 0.2) is 47.2 Å². The summed E-state index contributed by atoms with van der Waals surface area (Å²) in [7, 11) is 4.86. The summed E-state index contributed by atoms with van der Waals surface area (Å²) in [6, 6.07) is 10.9. The van der Waals surface area contributed by atoms with E-state index in [0.717, 1.165) is 15.6 Å². The summed E-state index contributed by atoms with van der Waals surface area (Å²) < 4.78 is 12.1. The smallest absolute Gasteiger partial charge is 0.257 e. The minimum Gasteiger partial charge on any atom is -0.497 e. The first-order valence-electron chi connectivity index (χ1n) is 8.65. The molecule has 0 bridgehead atoms. The maximum absolute atomic E-state index is 12.7. The molecule has 3 aromatic heterocycles. The van der Waals surface area contributed by atoms with Crippen LogP contribution < -0.4 is 14.8 Å². The highest BCUT2D eigenvalue weighted by Gasteiger charge is 2.16. The number of nitrogens with zero attached hydrogens (tertiary/aromatic N) is 3. The molecule has 0 aliphatic carbocycles. The molecule has 0 saturated carbocycles. The molecule has 0 aliphatic rings. The molecule has 29 heavy (non-hydrogen) atoms. The van der Waals surface area contributed by atoms with Gasteiger partial charge in [0.15, 0.2) is 0 Å². The van der Waals surface area contributed by atoms with Crippen LogP contribution in [0.4, 0.5) is 5.82 Å². The lowest BCUT2D eigenvalue weighted by Crippen LogP contribution is -2.14. The van der Waals surface area contributed by atoms with E-state index in [1.165, 1.54) is 11.3 Å². The van der Waals surface area contributed by atoms with Crippen LogP contribution in [-0.2, 0) is 7.05 Å². The number of amides is 1. The first-order chi connectivity index (χ1) is 14.1. The van der Waals surface area contributed by atoms with Gasteiger partial charge in [-0.25, -0.2) is 4.98 Å². The van der Waals surface area contributed by atoms with Gasteiger partial charge < -0.3 is 14.8 Å². The highest BCUT2D eigenvalue weighted by molar-refractivity contribution is 7.15. The van der Waals surface area contributed by atoms with Crippen molar-refractivity contribution in [1.82, 2.24) is 14.8 Å². The predicted molar refractivity (Wildman–Crippen MR) is 115 cm³/mol.